The standard InChI is InChI=1S/C20H19ClN4O3S2/c1-13-6-8-14(9-7-13)30(27,28)25-11-10-17-18(12-25)29-20(23-17)24-19(26)22-16-5-3-2-4-15(16)21/h2-9H,10-12H2,1H3,(H2,22,23,24,26). The van der Waals surface area contributed by atoms with Crippen molar-refractivity contribution in [1.29, 1.82) is 0 Å². The van der Waals surface area contributed by atoms with E-state index in [0.717, 1.165) is 16.1 Å². The average Bonchev–Trinajstić information content (AvgIpc) is 3.11. The number of nitrogens with one attached hydrogen (secondary N) is 2. The van der Waals surface area contributed by atoms with E-state index >= 15 is 0 Å². The quantitative estimate of drug-likeness (QED) is 0.597. The topological polar surface area (TPSA) is 91.4 Å². The fourth-order valence-corrected chi connectivity index (χ4v) is 5.80. The van der Waals surface area contributed by atoms with Gasteiger partial charge in [-0.25, -0.2) is 18.2 Å². The molecule has 30 heavy (non-hydrogen) atoms. The number of anilines is 2. The third kappa shape index (κ3) is 4.34. The molecule has 2 N–H and O–H groups in total. The van der Waals surface area contributed by atoms with Crippen LogP contribution in [0.15, 0.2) is 53.4 Å². The van der Waals surface area contributed by atoms with Gasteiger partial charge in [0, 0.05) is 17.8 Å². The molecule has 0 fully saturated rings. The van der Waals surface area contributed by atoms with Gasteiger partial charge in [0.15, 0.2) is 5.13 Å². The van der Waals surface area contributed by atoms with Crippen LogP contribution in [0.4, 0.5) is 15.6 Å². The van der Waals surface area contributed by atoms with Gasteiger partial charge < -0.3 is 5.32 Å². The number of nitrogens with zero attached hydrogens (tertiary/aromatic N) is 2. The summed E-state index contributed by atoms with van der Waals surface area (Å²) < 4.78 is 27.3. The molecular formula is C20H19ClN4O3S2. The molecule has 2 aromatic carbocycles. The van der Waals surface area contributed by atoms with Gasteiger partial charge in [0.2, 0.25) is 10.0 Å². The normalized spacial score (nSPS) is 14.2. The minimum absolute atomic E-state index is 0.233. The first-order valence-electron chi connectivity index (χ1n) is 9.21. The highest BCUT2D eigenvalue weighted by atomic mass is 35.5. The van der Waals surface area contributed by atoms with Crippen LogP contribution >= 0.6 is 22.9 Å². The highest BCUT2D eigenvalue weighted by Gasteiger charge is 2.30. The van der Waals surface area contributed by atoms with Crippen molar-refractivity contribution in [2.75, 3.05) is 17.2 Å². The fraction of sp³-hybridized carbons (Fsp3) is 0.200. The zero-order valence-electron chi connectivity index (χ0n) is 16.1. The van der Waals surface area contributed by atoms with E-state index in [2.05, 4.69) is 15.6 Å². The average molecular weight is 463 g/mol. The van der Waals surface area contributed by atoms with Crippen LogP contribution in [0.5, 0.6) is 0 Å². The van der Waals surface area contributed by atoms with E-state index in [1.54, 1.807) is 48.5 Å². The van der Waals surface area contributed by atoms with Gasteiger partial charge in [0.1, 0.15) is 0 Å². The van der Waals surface area contributed by atoms with E-state index in [-0.39, 0.29) is 11.4 Å². The Balaban J connectivity index is 1.46. The Hall–Kier alpha value is -2.46. The van der Waals surface area contributed by atoms with Crippen molar-refractivity contribution in [3.8, 4) is 0 Å². The lowest BCUT2D eigenvalue weighted by atomic mass is 10.2. The number of halogens is 1. The smallest absolute Gasteiger partial charge is 0.306 e. The van der Waals surface area contributed by atoms with Gasteiger partial charge >= 0.3 is 6.03 Å². The number of carbonyl (C=O) groups is 1. The molecule has 1 aliphatic heterocycles. The summed E-state index contributed by atoms with van der Waals surface area (Å²) in [5.74, 6) is 0. The summed E-state index contributed by atoms with van der Waals surface area (Å²) in [7, 11) is -3.58. The number of carbonyl (C=O) groups excluding carboxylic acids is 1. The van der Waals surface area contributed by atoms with Crippen LogP contribution in [-0.2, 0) is 23.0 Å². The van der Waals surface area contributed by atoms with E-state index in [4.69, 9.17) is 11.6 Å². The Kier molecular flexibility index (Phi) is 5.79. The zero-order valence-corrected chi connectivity index (χ0v) is 18.4. The number of aromatic nitrogens is 1. The molecule has 2 heterocycles. The summed E-state index contributed by atoms with van der Waals surface area (Å²) in [4.78, 5) is 17.8. The molecule has 0 bridgehead atoms. The Bertz CT molecular complexity index is 1190. The Morgan fingerprint density at radius 1 is 1.13 bits per heavy atom. The van der Waals surface area contributed by atoms with Crippen LogP contribution in [0.2, 0.25) is 5.02 Å². The van der Waals surface area contributed by atoms with Crippen molar-refractivity contribution in [2.45, 2.75) is 24.8 Å². The fourth-order valence-electron chi connectivity index (χ4n) is 3.10. The van der Waals surface area contributed by atoms with Crippen LogP contribution < -0.4 is 10.6 Å². The van der Waals surface area contributed by atoms with Gasteiger partial charge in [0.05, 0.1) is 27.8 Å². The van der Waals surface area contributed by atoms with Crippen molar-refractivity contribution in [3.63, 3.8) is 0 Å². The van der Waals surface area contributed by atoms with Crippen LogP contribution in [-0.4, -0.2) is 30.3 Å². The highest BCUT2D eigenvalue weighted by molar-refractivity contribution is 7.89. The number of benzene rings is 2. The SMILES string of the molecule is Cc1ccc(S(=O)(=O)N2CCc3nc(NC(=O)Nc4ccccc4Cl)sc3C2)cc1. The van der Waals surface area contributed by atoms with Crippen LogP contribution in [0.25, 0.3) is 0 Å². The van der Waals surface area contributed by atoms with E-state index < -0.39 is 16.1 Å². The summed E-state index contributed by atoms with van der Waals surface area (Å²) in [6.07, 6.45) is 0.491. The summed E-state index contributed by atoms with van der Waals surface area (Å²) >= 11 is 7.33. The van der Waals surface area contributed by atoms with Crippen molar-refractivity contribution < 1.29 is 13.2 Å². The number of hydrogen-bond acceptors (Lipinski definition) is 5. The highest BCUT2D eigenvalue weighted by Crippen LogP contribution is 2.31. The number of amides is 2. The van der Waals surface area contributed by atoms with Crippen molar-refractivity contribution >= 4 is 49.8 Å². The molecule has 1 aliphatic rings. The molecule has 0 saturated carbocycles. The molecule has 0 spiro atoms. The van der Waals surface area contributed by atoms with Gasteiger partial charge in [-0.15, -0.1) is 0 Å². The summed E-state index contributed by atoms with van der Waals surface area (Å²) in [5.41, 5.74) is 2.31. The van der Waals surface area contributed by atoms with Crippen LogP contribution in [0.3, 0.4) is 0 Å². The Morgan fingerprint density at radius 2 is 1.87 bits per heavy atom. The maximum atomic E-state index is 12.9. The minimum Gasteiger partial charge on any atom is -0.306 e. The minimum atomic E-state index is -3.58. The van der Waals surface area contributed by atoms with Crippen molar-refractivity contribution in [2.24, 2.45) is 0 Å². The molecule has 2 amide bonds. The van der Waals surface area contributed by atoms with Crippen molar-refractivity contribution in [3.05, 3.63) is 69.7 Å². The first kappa shape index (κ1) is 20.8. The molecule has 156 valence electrons. The van der Waals surface area contributed by atoms with E-state index in [0.29, 0.717) is 28.8 Å². The van der Waals surface area contributed by atoms with E-state index in [9.17, 15) is 13.2 Å². The number of thiazole rings is 1. The third-order valence-corrected chi connectivity index (χ3v) is 7.88. The number of aryl methyl sites for hydroxylation is 1. The molecule has 0 atom stereocenters. The molecule has 4 rings (SSSR count). The molecule has 10 heteroatoms. The molecular weight excluding hydrogens is 444 g/mol. The Morgan fingerprint density at radius 3 is 2.60 bits per heavy atom. The zero-order chi connectivity index (χ0) is 21.3. The monoisotopic (exact) mass is 462 g/mol. The maximum absolute atomic E-state index is 12.9. The van der Waals surface area contributed by atoms with Gasteiger partial charge in [-0.3, -0.25) is 5.32 Å². The number of fused-ring (bicyclic) bond motifs is 1. The molecule has 0 aliphatic carbocycles. The van der Waals surface area contributed by atoms with Gasteiger partial charge in [-0.2, -0.15) is 4.31 Å². The van der Waals surface area contributed by atoms with Gasteiger partial charge in [0.25, 0.3) is 0 Å². The number of rotatable bonds is 4. The van der Waals surface area contributed by atoms with Crippen molar-refractivity contribution in [1.82, 2.24) is 9.29 Å². The summed E-state index contributed by atoms with van der Waals surface area (Å²) in [6.45, 7) is 2.49. The Labute approximate surface area is 183 Å². The maximum Gasteiger partial charge on any atom is 0.325 e. The predicted molar refractivity (Wildman–Crippen MR) is 119 cm³/mol. The second kappa shape index (κ2) is 8.35. The third-order valence-electron chi connectivity index (χ3n) is 4.70. The summed E-state index contributed by atoms with van der Waals surface area (Å²) in [5, 5.41) is 6.22. The molecule has 3 aromatic rings. The summed E-state index contributed by atoms with van der Waals surface area (Å²) in [6, 6.07) is 13.3. The molecule has 0 radical (unpaired) electrons. The lowest BCUT2D eigenvalue weighted by Crippen LogP contribution is -2.35. The molecule has 0 unspecified atom stereocenters. The van der Waals surface area contributed by atoms with Gasteiger partial charge in [-0.1, -0.05) is 52.8 Å². The molecule has 1 aromatic heterocycles. The van der Waals surface area contributed by atoms with E-state index in [1.165, 1.54) is 15.6 Å². The van der Waals surface area contributed by atoms with Crippen LogP contribution in [0.1, 0.15) is 16.1 Å². The number of para-hydroxylation sites is 1. The number of urea groups is 1. The first-order valence-corrected chi connectivity index (χ1v) is 11.8. The van der Waals surface area contributed by atoms with Gasteiger partial charge in [-0.05, 0) is 31.2 Å². The molecule has 0 saturated heterocycles. The number of sulfonamides is 1. The number of hydrogen-bond donors (Lipinski definition) is 2. The lowest BCUT2D eigenvalue weighted by molar-refractivity contribution is 0.262. The second-order valence-electron chi connectivity index (χ2n) is 6.85. The first-order chi connectivity index (χ1) is 14.3. The van der Waals surface area contributed by atoms with E-state index in [1.807, 2.05) is 6.92 Å². The second-order valence-corrected chi connectivity index (χ2v) is 10.3. The molecule has 7 nitrogen and oxygen atoms in total. The lowest BCUT2D eigenvalue weighted by Gasteiger charge is -2.25. The van der Waals surface area contributed by atoms with Crippen LogP contribution in [0, 0.1) is 6.92 Å². The largest absolute Gasteiger partial charge is 0.325 e. The predicted octanol–water partition coefficient (Wildman–Crippen LogP) is 4.50.